The van der Waals surface area contributed by atoms with Gasteiger partial charge in [0.15, 0.2) is 5.96 Å². The Morgan fingerprint density at radius 1 is 1.23 bits per heavy atom. The van der Waals surface area contributed by atoms with Crippen molar-refractivity contribution in [1.29, 1.82) is 0 Å². The fraction of sp³-hybridized carbons (Fsp3) is 0.533. The molecule has 0 radical (unpaired) electrons. The van der Waals surface area contributed by atoms with Crippen LogP contribution in [0.4, 0.5) is 0 Å². The molecule has 0 aromatic heterocycles. The maximum Gasteiger partial charge on any atom is 0.191 e. The molecule has 0 spiro atoms. The van der Waals surface area contributed by atoms with Crippen molar-refractivity contribution < 1.29 is 9.47 Å². The highest BCUT2D eigenvalue weighted by Crippen LogP contribution is 2.21. The number of nitrogens with zero attached hydrogens (tertiary/aromatic N) is 1. The molecule has 2 N–H and O–H groups in total. The summed E-state index contributed by atoms with van der Waals surface area (Å²) in [6.07, 6.45) is 0.882. The van der Waals surface area contributed by atoms with E-state index in [1.165, 1.54) is 0 Å². The molecular formula is C15H25ClIN3O2. The number of ether oxygens (including phenoxy) is 2. The number of methoxy groups -OCH3 is 1. The Labute approximate surface area is 154 Å². The smallest absolute Gasteiger partial charge is 0.191 e. The number of benzene rings is 1. The van der Waals surface area contributed by atoms with Crippen molar-refractivity contribution in [1.82, 2.24) is 10.6 Å². The predicted molar refractivity (Wildman–Crippen MR) is 103 cm³/mol. The minimum atomic E-state index is 0. The minimum Gasteiger partial charge on any atom is -0.493 e. The number of nitrogens with one attached hydrogen (secondary N) is 2. The van der Waals surface area contributed by atoms with Crippen molar-refractivity contribution in [3.63, 3.8) is 0 Å². The average Bonchev–Trinajstić information content (AvgIpc) is 2.47. The van der Waals surface area contributed by atoms with Crippen molar-refractivity contribution in [2.45, 2.75) is 13.3 Å². The molecule has 1 rings (SSSR count). The number of halogens is 2. The van der Waals surface area contributed by atoms with Gasteiger partial charge < -0.3 is 20.1 Å². The van der Waals surface area contributed by atoms with Gasteiger partial charge in [0.05, 0.1) is 13.2 Å². The Balaban J connectivity index is 0.00000441. The van der Waals surface area contributed by atoms with Gasteiger partial charge in [0.25, 0.3) is 0 Å². The van der Waals surface area contributed by atoms with Crippen LogP contribution in [-0.4, -0.2) is 46.4 Å². The second-order valence-electron chi connectivity index (χ2n) is 4.53. The molecule has 0 saturated heterocycles. The third-order valence-corrected chi connectivity index (χ3v) is 3.07. The zero-order valence-corrected chi connectivity index (χ0v) is 16.4. The van der Waals surface area contributed by atoms with E-state index in [1.807, 2.05) is 25.1 Å². The number of rotatable bonds is 8. The van der Waals surface area contributed by atoms with E-state index in [9.17, 15) is 0 Å². The minimum absolute atomic E-state index is 0. The van der Waals surface area contributed by atoms with Crippen LogP contribution in [0.3, 0.4) is 0 Å². The molecule has 0 atom stereocenters. The van der Waals surface area contributed by atoms with Gasteiger partial charge in [-0.15, -0.1) is 24.0 Å². The first-order chi connectivity index (χ1) is 10.2. The topological polar surface area (TPSA) is 54.9 Å². The molecule has 0 aliphatic heterocycles. The van der Waals surface area contributed by atoms with Crippen molar-refractivity contribution in [3.05, 3.63) is 28.8 Å². The van der Waals surface area contributed by atoms with Gasteiger partial charge in [-0.25, -0.2) is 0 Å². The molecule has 1 aromatic carbocycles. The maximum absolute atomic E-state index is 5.91. The van der Waals surface area contributed by atoms with E-state index in [-0.39, 0.29) is 24.0 Å². The van der Waals surface area contributed by atoms with Crippen molar-refractivity contribution in [2.24, 2.45) is 4.99 Å². The number of hydrogen-bond acceptors (Lipinski definition) is 3. The van der Waals surface area contributed by atoms with Crippen LogP contribution in [0.2, 0.25) is 5.02 Å². The summed E-state index contributed by atoms with van der Waals surface area (Å²) in [5.74, 6) is 1.65. The van der Waals surface area contributed by atoms with E-state index in [4.69, 9.17) is 21.1 Å². The fourth-order valence-corrected chi connectivity index (χ4v) is 1.95. The average molecular weight is 442 g/mol. The normalized spacial score (nSPS) is 10.8. The Morgan fingerprint density at radius 2 is 1.95 bits per heavy atom. The molecule has 5 nitrogen and oxygen atoms in total. The molecule has 0 amide bonds. The second kappa shape index (κ2) is 12.8. The lowest BCUT2D eigenvalue weighted by Gasteiger charge is -2.12. The van der Waals surface area contributed by atoms with Gasteiger partial charge in [0.1, 0.15) is 5.75 Å². The fourth-order valence-electron chi connectivity index (χ4n) is 1.73. The number of guanidine groups is 1. The van der Waals surface area contributed by atoms with Gasteiger partial charge in [-0.2, -0.15) is 0 Å². The van der Waals surface area contributed by atoms with Crippen LogP contribution in [0, 0.1) is 6.92 Å². The highest BCUT2D eigenvalue weighted by atomic mass is 127. The van der Waals surface area contributed by atoms with Crippen molar-refractivity contribution >= 4 is 41.5 Å². The monoisotopic (exact) mass is 441 g/mol. The summed E-state index contributed by atoms with van der Waals surface area (Å²) in [4.78, 5) is 4.12. The number of aliphatic imine (C=N–C) groups is 1. The van der Waals surface area contributed by atoms with E-state index in [2.05, 4.69) is 15.6 Å². The van der Waals surface area contributed by atoms with E-state index in [0.29, 0.717) is 13.2 Å². The Kier molecular flexibility index (Phi) is 12.4. The van der Waals surface area contributed by atoms with E-state index in [0.717, 1.165) is 41.8 Å². The highest BCUT2D eigenvalue weighted by molar-refractivity contribution is 14.0. The van der Waals surface area contributed by atoms with Crippen molar-refractivity contribution in [2.75, 3.05) is 40.5 Å². The number of hydrogen-bond donors (Lipinski definition) is 2. The Bertz CT molecular complexity index is 458. The lowest BCUT2D eigenvalue weighted by atomic mass is 10.2. The van der Waals surface area contributed by atoms with Crippen LogP contribution in [0.1, 0.15) is 12.0 Å². The van der Waals surface area contributed by atoms with Gasteiger partial charge in [0, 0.05) is 32.3 Å². The standard InChI is InChI=1S/C15H24ClN3O2.HI/c1-12-11-13(16)5-6-14(12)21-9-4-7-18-15(17-2)19-8-10-20-3;/h5-6,11H,4,7-10H2,1-3H3,(H2,17,18,19);1H. The first-order valence-corrected chi connectivity index (χ1v) is 7.37. The molecule has 0 aliphatic carbocycles. The predicted octanol–water partition coefficient (Wildman–Crippen LogP) is 2.85. The maximum atomic E-state index is 5.91. The molecule has 0 heterocycles. The molecule has 7 heteroatoms. The first-order valence-electron chi connectivity index (χ1n) is 6.99. The van der Waals surface area contributed by atoms with E-state index >= 15 is 0 Å². The zero-order chi connectivity index (χ0) is 15.5. The van der Waals surface area contributed by atoms with E-state index in [1.54, 1.807) is 14.2 Å². The van der Waals surface area contributed by atoms with Gasteiger partial charge in [-0.05, 0) is 37.1 Å². The summed E-state index contributed by atoms with van der Waals surface area (Å²) < 4.78 is 10.7. The van der Waals surface area contributed by atoms with Gasteiger partial charge >= 0.3 is 0 Å². The molecule has 0 fully saturated rings. The third kappa shape index (κ3) is 8.65. The lowest BCUT2D eigenvalue weighted by molar-refractivity contribution is 0.203. The van der Waals surface area contributed by atoms with Crippen LogP contribution >= 0.6 is 35.6 Å². The Hall–Kier alpha value is -0.730. The third-order valence-electron chi connectivity index (χ3n) is 2.83. The summed E-state index contributed by atoms with van der Waals surface area (Å²) in [5.41, 5.74) is 1.05. The molecular weight excluding hydrogens is 417 g/mol. The summed E-state index contributed by atoms with van der Waals surface area (Å²) >= 11 is 5.91. The van der Waals surface area contributed by atoms with Crippen molar-refractivity contribution in [3.8, 4) is 5.75 Å². The van der Waals surface area contributed by atoms with Gasteiger partial charge in [-0.1, -0.05) is 11.6 Å². The van der Waals surface area contributed by atoms with Gasteiger partial charge in [0.2, 0.25) is 0 Å². The van der Waals surface area contributed by atoms with Gasteiger partial charge in [-0.3, -0.25) is 4.99 Å². The summed E-state index contributed by atoms with van der Waals surface area (Å²) in [6, 6.07) is 5.64. The summed E-state index contributed by atoms with van der Waals surface area (Å²) in [7, 11) is 3.42. The molecule has 0 bridgehead atoms. The molecule has 22 heavy (non-hydrogen) atoms. The Morgan fingerprint density at radius 3 is 2.59 bits per heavy atom. The molecule has 0 saturated carbocycles. The van der Waals surface area contributed by atoms with Crippen LogP contribution < -0.4 is 15.4 Å². The number of aryl methyl sites for hydroxylation is 1. The molecule has 1 aromatic rings. The molecule has 126 valence electrons. The van der Waals surface area contributed by atoms with Crippen LogP contribution in [0.5, 0.6) is 5.75 Å². The summed E-state index contributed by atoms with van der Waals surface area (Å²) in [5, 5.41) is 7.10. The second-order valence-corrected chi connectivity index (χ2v) is 4.97. The van der Waals surface area contributed by atoms with E-state index < -0.39 is 0 Å². The first kappa shape index (κ1) is 21.3. The highest BCUT2D eigenvalue weighted by Gasteiger charge is 2.00. The zero-order valence-electron chi connectivity index (χ0n) is 13.3. The largest absolute Gasteiger partial charge is 0.493 e. The lowest BCUT2D eigenvalue weighted by Crippen LogP contribution is -2.39. The molecule has 0 aliphatic rings. The summed E-state index contributed by atoms with van der Waals surface area (Å²) in [6.45, 7) is 4.81. The van der Waals surface area contributed by atoms with Crippen LogP contribution in [-0.2, 0) is 4.74 Å². The quantitative estimate of drug-likeness (QED) is 0.282. The van der Waals surface area contributed by atoms with Crippen LogP contribution in [0.15, 0.2) is 23.2 Å². The van der Waals surface area contributed by atoms with Crippen LogP contribution in [0.25, 0.3) is 0 Å². The SMILES string of the molecule is CN=C(NCCCOc1ccc(Cl)cc1C)NCCOC.I. The molecule has 0 unspecified atom stereocenters.